The average Bonchev–Trinajstić information content (AvgIpc) is 2.92. The summed E-state index contributed by atoms with van der Waals surface area (Å²) in [5, 5.41) is 1.97. The molecule has 3 aromatic heterocycles. The highest BCUT2D eigenvalue weighted by atomic mass is 32.1. The largest absolute Gasteiger partial charge is 0.435 e. The van der Waals surface area contributed by atoms with Gasteiger partial charge in [-0.1, -0.05) is 0 Å². The summed E-state index contributed by atoms with van der Waals surface area (Å²) in [4.78, 5) is 9.50. The molecule has 0 aliphatic heterocycles. The van der Waals surface area contributed by atoms with E-state index in [1.165, 1.54) is 0 Å². The molecule has 0 atom stereocenters. The maximum absolute atomic E-state index is 5.81. The molecule has 0 aromatic carbocycles. The number of hydrogen-bond acceptors (Lipinski definition) is 5. The van der Waals surface area contributed by atoms with Crippen LogP contribution >= 0.6 is 11.3 Å². The van der Waals surface area contributed by atoms with Crippen molar-refractivity contribution in [3.8, 4) is 11.6 Å². The maximum atomic E-state index is 5.81. The number of fused-ring (bicyclic) bond motifs is 1. The molecule has 0 aliphatic rings. The molecule has 92 valence electrons. The Bertz CT molecular complexity index is 688. The molecule has 2 N–H and O–H groups in total. The molecule has 0 fully saturated rings. The van der Waals surface area contributed by atoms with E-state index < -0.39 is 0 Å². The summed E-state index contributed by atoms with van der Waals surface area (Å²) in [5.41, 5.74) is 7.46. The van der Waals surface area contributed by atoms with Crippen LogP contribution in [0.4, 0.5) is 0 Å². The second kappa shape index (κ2) is 4.40. The lowest BCUT2D eigenvalue weighted by Crippen LogP contribution is -2.02. The Morgan fingerprint density at radius 2 is 2.39 bits per heavy atom. The molecule has 3 heterocycles. The highest BCUT2D eigenvalue weighted by Crippen LogP contribution is 2.28. The lowest BCUT2D eigenvalue weighted by atomic mass is 10.3. The van der Waals surface area contributed by atoms with Crippen LogP contribution in [0.3, 0.4) is 0 Å². The molecular formula is C12H12N4OS. The molecule has 3 rings (SSSR count). The van der Waals surface area contributed by atoms with Gasteiger partial charge in [0.15, 0.2) is 10.7 Å². The predicted octanol–water partition coefficient (Wildman–Crippen LogP) is 2.35. The van der Waals surface area contributed by atoms with Crippen LogP contribution in [0.15, 0.2) is 29.9 Å². The molecule has 0 saturated heterocycles. The summed E-state index contributed by atoms with van der Waals surface area (Å²) in [6, 6.07) is 3.71. The second-order valence-corrected chi connectivity index (χ2v) is 4.69. The van der Waals surface area contributed by atoms with E-state index in [9.17, 15) is 0 Å². The van der Waals surface area contributed by atoms with Gasteiger partial charge in [-0.25, -0.2) is 0 Å². The van der Waals surface area contributed by atoms with Gasteiger partial charge in [0.2, 0.25) is 5.88 Å². The number of imidazole rings is 1. The molecule has 0 amide bonds. The van der Waals surface area contributed by atoms with Crippen molar-refractivity contribution in [1.29, 1.82) is 0 Å². The Balaban J connectivity index is 2.04. The third-order valence-corrected chi connectivity index (χ3v) is 3.44. The first kappa shape index (κ1) is 11.2. The van der Waals surface area contributed by atoms with Crippen molar-refractivity contribution in [3.05, 3.63) is 41.3 Å². The predicted molar refractivity (Wildman–Crippen MR) is 70.0 cm³/mol. The summed E-state index contributed by atoms with van der Waals surface area (Å²) in [7, 11) is 0. The number of aromatic nitrogens is 3. The molecule has 0 radical (unpaired) electrons. The van der Waals surface area contributed by atoms with E-state index in [4.69, 9.17) is 10.5 Å². The molecular weight excluding hydrogens is 248 g/mol. The van der Waals surface area contributed by atoms with Gasteiger partial charge < -0.3 is 10.5 Å². The SMILES string of the molecule is Cc1ncccc1Oc1nc2sccn2c1CN. The lowest BCUT2D eigenvalue weighted by molar-refractivity contribution is 0.453. The smallest absolute Gasteiger partial charge is 0.243 e. The molecule has 3 aromatic rings. The Hall–Kier alpha value is -1.92. The van der Waals surface area contributed by atoms with Gasteiger partial charge in [-0.15, -0.1) is 11.3 Å². The molecule has 6 heteroatoms. The fourth-order valence-electron chi connectivity index (χ4n) is 1.76. The zero-order valence-corrected chi connectivity index (χ0v) is 10.6. The highest BCUT2D eigenvalue weighted by molar-refractivity contribution is 7.15. The van der Waals surface area contributed by atoms with Gasteiger partial charge in [0.05, 0.1) is 5.69 Å². The van der Waals surface area contributed by atoms with E-state index in [1.54, 1.807) is 17.5 Å². The highest BCUT2D eigenvalue weighted by Gasteiger charge is 2.14. The van der Waals surface area contributed by atoms with Crippen molar-refractivity contribution in [1.82, 2.24) is 14.4 Å². The monoisotopic (exact) mass is 260 g/mol. The number of rotatable bonds is 3. The van der Waals surface area contributed by atoms with Gasteiger partial charge in [-0.3, -0.25) is 9.38 Å². The van der Waals surface area contributed by atoms with E-state index in [1.807, 2.05) is 35.0 Å². The van der Waals surface area contributed by atoms with Crippen LogP contribution in [0.5, 0.6) is 11.6 Å². The van der Waals surface area contributed by atoms with Gasteiger partial charge >= 0.3 is 0 Å². The quantitative estimate of drug-likeness (QED) is 0.785. The van der Waals surface area contributed by atoms with Crippen molar-refractivity contribution in [2.75, 3.05) is 0 Å². The zero-order chi connectivity index (χ0) is 12.5. The third kappa shape index (κ3) is 1.75. The number of hydrogen-bond donors (Lipinski definition) is 1. The zero-order valence-electron chi connectivity index (χ0n) is 9.83. The van der Waals surface area contributed by atoms with Crippen molar-refractivity contribution in [3.63, 3.8) is 0 Å². The average molecular weight is 260 g/mol. The summed E-state index contributed by atoms with van der Waals surface area (Å²) in [6.07, 6.45) is 3.68. The normalized spacial score (nSPS) is 11.0. The number of pyridine rings is 1. The van der Waals surface area contributed by atoms with Gasteiger partial charge in [0.25, 0.3) is 0 Å². The molecule has 0 saturated carbocycles. The summed E-state index contributed by atoms with van der Waals surface area (Å²) in [5.74, 6) is 1.26. The van der Waals surface area contributed by atoms with Crippen LogP contribution in [0.2, 0.25) is 0 Å². The van der Waals surface area contributed by atoms with Crippen LogP contribution in [-0.4, -0.2) is 14.4 Å². The van der Waals surface area contributed by atoms with Gasteiger partial charge in [-0.05, 0) is 19.1 Å². The Morgan fingerprint density at radius 1 is 1.50 bits per heavy atom. The lowest BCUT2D eigenvalue weighted by Gasteiger charge is -2.06. The topological polar surface area (TPSA) is 65.4 Å². The molecule has 0 bridgehead atoms. The Kier molecular flexibility index (Phi) is 2.73. The minimum Gasteiger partial charge on any atom is -0.435 e. The van der Waals surface area contributed by atoms with E-state index >= 15 is 0 Å². The number of nitrogens with two attached hydrogens (primary N) is 1. The summed E-state index contributed by atoms with van der Waals surface area (Å²) < 4.78 is 7.76. The molecule has 0 unspecified atom stereocenters. The van der Waals surface area contributed by atoms with E-state index in [0.717, 1.165) is 16.3 Å². The van der Waals surface area contributed by atoms with E-state index in [2.05, 4.69) is 9.97 Å². The first-order chi connectivity index (χ1) is 8.79. The van der Waals surface area contributed by atoms with Gasteiger partial charge in [0, 0.05) is 24.3 Å². The van der Waals surface area contributed by atoms with Crippen molar-refractivity contribution < 1.29 is 4.74 Å². The number of thiazole rings is 1. The van der Waals surface area contributed by atoms with Crippen molar-refractivity contribution in [2.24, 2.45) is 5.73 Å². The van der Waals surface area contributed by atoms with Gasteiger partial charge in [-0.2, -0.15) is 4.98 Å². The number of nitrogens with zero attached hydrogens (tertiary/aromatic N) is 3. The third-order valence-electron chi connectivity index (χ3n) is 2.68. The first-order valence-electron chi connectivity index (χ1n) is 5.53. The maximum Gasteiger partial charge on any atom is 0.243 e. The fraction of sp³-hybridized carbons (Fsp3) is 0.167. The van der Waals surface area contributed by atoms with Crippen LogP contribution in [0.25, 0.3) is 4.96 Å². The summed E-state index contributed by atoms with van der Waals surface area (Å²) >= 11 is 1.55. The second-order valence-electron chi connectivity index (χ2n) is 3.81. The number of ether oxygens (including phenoxy) is 1. The van der Waals surface area contributed by atoms with E-state index in [-0.39, 0.29) is 0 Å². The van der Waals surface area contributed by atoms with Crippen LogP contribution in [-0.2, 0) is 6.54 Å². The van der Waals surface area contributed by atoms with Crippen LogP contribution in [0, 0.1) is 6.92 Å². The minimum absolute atomic E-state index is 0.381. The van der Waals surface area contributed by atoms with Crippen molar-refractivity contribution in [2.45, 2.75) is 13.5 Å². The minimum atomic E-state index is 0.381. The van der Waals surface area contributed by atoms with Crippen molar-refractivity contribution >= 4 is 16.3 Å². The number of aryl methyl sites for hydroxylation is 1. The first-order valence-corrected chi connectivity index (χ1v) is 6.41. The van der Waals surface area contributed by atoms with Crippen LogP contribution in [0.1, 0.15) is 11.4 Å². The van der Waals surface area contributed by atoms with Crippen LogP contribution < -0.4 is 10.5 Å². The summed E-state index contributed by atoms with van der Waals surface area (Å²) in [6.45, 7) is 2.28. The molecule has 0 spiro atoms. The Labute approximate surface area is 108 Å². The fourth-order valence-corrected chi connectivity index (χ4v) is 2.49. The Morgan fingerprint density at radius 3 is 3.17 bits per heavy atom. The van der Waals surface area contributed by atoms with E-state index in [0.29, 0.717) is 18.2 Å². The molecule has 0 aliphatic carbocycles. The standard InChI is InChI=1S/C12H12N4OS/c1-8-10(3-2-4-14-8)17-11-9(7-13)16-5-6-18-12(16)15-11/h2-6H,7,13H2,1H3. The molecule has 5 nitrogen and oxygen atoms in total. The molecule has 18 heavy (non-hydrogen) atoms. The van der Waals surface area contributed by atoms with Gasteiger partial charge in [0.1, 0.15) is 5.69 Å².